The summed E-state index contributed by atoms with van der Waals surface area (Å²) in [6, 6.07) is 2.28. The molecule has 0 bridgehead atoms. The third-order valence-corrected chi connectivity index (χ3v) is 2.39. The number of alkyl halides is 1. The predicted octanol–water partition coefficient (Wildman–Crippen LogP) is 3.35. The summed E-state index contributed by atoms with van der Waals surface area (Å²) in [6.45, 7) is 6.61. The molecule has 0 aromatic rings. The van der Waals surface area contributed by atoms with Crippen LogP contribution in [0.2, 0.25) is 0 Å². The van der Waals surface area contributed by atoms with Crippen LogP contribution in [0.4, 0.5) is 0 Å². The van der Waals surface area contributed by atoms with E-state index in [1.165, 1.54) is 0 Å². The first-order valence-corrected chi connectivity index (χ1v) is 5.07. The fourth-order valence-electron chi connectivity index (χ4n) is 0.783. The van der Waals surface area contributed by atoms with Crippen LogP contribution in [0.5, 0.6) is 0 Å². The first-order chi connectivity index (χ1) is 4.99. The molecule has 2 heteroatoms. The van der Waals surface area contributed by atoms with Crippen molar-refractivity contribution in [2.75, 3.05) is 5.33 Å². The predicted molar refractivity (Wildman–Crippen MR) is 51.6 cm³/mol. The van der Waals surface area contributed by atoms with Crippen molar-refractivity contribution < 1.29 is 0 Å². The van der Waals surface area contributed by atoms with E-state index in [2.05, 4.69) is 42.8 Å². The Hall–Kier alpha value is -0.0300. The molecule has 0 saturated carbocycles. The summed E-state index contributed by atoms with van der Waals surface area (Å²) in [7, 11) is 0. The van der Waals surface area contributed by atoms with E-state index in [0.29, 0.717) is 5.41 Å². The maximum atomic E-state index is 8.64. The third kappa shape index (κ3) is 6.37. The Labute approximate surface area is 77.9 Å². The second kappa shape index (κ2) is 4.77. The fourth-order valence-corrected chi connectivity index (χ4v) is 1.25. The smallest absolute Gasteiger partial charge is 0.0664 e. The van der Waals surface area contributed by atoms with E-state index in [-0.39, 0.29) is 5.92 Å². The van der Waals surface area contributed by atoms with Crippen molar-refractivity contribution in [1.29, 1.82) is 5.26 Å². The molecule has 0 rings (SSSR count). The number of nitrogens with zero attached hydrogens (tertiary/aromatic N) is 1. The van der Waals surface area contributed by atoms with Gasteiger partial charge >= 0.3 is 0 Å². The second-order valence-electron chi connectivity index (χ2n) is 4.08. The normalized spacial score (nSPS) is 14.1. The van der Waals surface area contributed by atoms with Gasteiger partial charge in [0.15, 0.2) is 0 Å². The summed E-state index contributed by atoms with van der Waals surface area (Å²) in [5.74, 6) is 0.189. The van der Waals surface area contributed by atoms with E-state index in [9.17, 15) is 0 Å². The fraction of sp³-hybridized carbons (Fsp3) is 0.889. The van der Waals surface area contributed by atoms with Crippen LogP contribution < -0.4 is 0 Å². The lowest BCUT2D eigenvalue weighted by atomic mass is 9.87. The van der Waals surface area contributed by atoms with E-state index >= 15 is 0 Å². The quantitative estimate of drug-likeness (QED) is 0.666. The molecule has 0 heterocycles. The van der Waals surface area contributed by atoms with Gasteiger partial charge in [-0.3, -0.25) is 0 Å². The summed E-state index contributed by atoms with van der Waals surface area (Å²) in [6.07, 6.45) is 2.13. The van der Waals surface area contributed by atoms with Crippen LogP contribution in [0.3, 0.4) is 0 Å². The molecule has 64 valence electrons. The van der Waals surface area contributed by atoms with Crippen molar-refractivity contribution >= 4 is 15.9 Å². The van der Waals surface area contributed by atoms with Crippen molar-refractivity contribution in [3.8, 4) is 6.07 Å². The van der Waals surface area contributed by atoms with Crippen LogP contribution in [0.1, 0.15) is 33.6 Å². The lowest BCUT2D eigenvalue weighted by Crippen LogP contribution is -2.08. The molecule has 1 nitrogen and oxygen atoms in total. The average molecular weight is 218 g/mol. The lowest BCUT2D eigenvalue weighted by Gasteiger charge is -2.18. The molecule has 0 aromatic carbocycles. The third-order valence-electron chi connectivity index (χ3n) is 1.61. The van der Waals surface area contributed by atoms with Crippen molar-refractivity contribution in [1.82, 2.24) is 0 Å². The van der Waals surface area contributed by atoms with Gasteiger partial charge in [0.05, 0.1) is 12.0 Å². The molecular formula is C9H16BrN. The summed E-state index contributed by atoms with van der Waals surface area (Å²) in [5, 5.41) is 9.45. The Morgan fingerprint density at radius 2 is 2.00 bits per heavy atom. The summed E-state index contributed by atoms with van der Waals surface area (Å²) in [5.41, 5.74) is 0.358. The van der Waals surface area contributed by atoms with E-state index in [0.717, 1.165) is 18.2 Å². The molecule has 11 heavy (non-hydrogen) atoms. The first kappa shape index (κ1) is 11.0. The molecule has 0 aliphatic rings. The van der Waals surface area contributed by atoms with Crippen LogP contribution in [0.25, 0.3) is 0 Å². The van der Waals surface area contributed by atoms with Crippen molar-refractivity contribution in [3.05, 3.63) is 0 Å². The minimum Gasteiger partial charge on any atom is -0.198 e. The van der Waals surface area contributed by atoms with Gasteiger partial charge in [0.2, 0.25) is 0 Å². The van der Waals surface area contributed by atoms with Crippen LogP contribution in [-0.4, -0.2) is 5.33 Å². The average Bonchev–Trinajstić information content (AvgIpc) is 1.88. The van der Waals surface area contributed by atoms with Crippen molar-refractivity contribution in [3.63, 3.8) is 0 Å². The van der Waals surface area contributed by atoms with Gasteiger partial charge in [-0.1, -0.05) is 36.7 Å². The molecule has 0 N–H and O–H groups in total. The maximum Gasteiger partial charge on any atom is 0.0664 e. The molecule has 0 aliphatic heterocycles. The molecule has 0 aromatic heterocycles. The Kier molecular flexibility index (Phi) is 4.76. The topological polar surface area (TPSA) is 23.8 Å². The minimum absolute atomic E-state index is 0.189. The standard InChI is InChI=1S/C9H16BrN/c1-9(2,3)5-4-8(6-10)7-11/h8H,4-6H2,1-3H3. The van der Waals surface area contributed by atoms with Crippen LogP contribution in [0.15, 0.2) is 0 Å². The summed E-state index contributed by atoms with van der Waals surface area (Å²) >= 11 is 3.32. The number of hydrogen-bond donors (Lipinski definition) is 0. The molecule has 0 spiro atoms. The summed E-state index contributed by atoms with van der Waals surface area (Å²) < 4.78 is 0. The molecule has 0 radical (unpaired) electrons. The van der Waals surface area contributed by atoms with Gasteiger partial charge in [0.25, 0.3) is 0 Å². The molecule has 1 unspecified atom stereocenters. The Morgan fingerprint density at radius 1 is 1.45 bits per heavy atom. The number of hydrogen-bond acceptors (Lipinski definition) is 1. The lowest BCUT2D eigenvalue weighted by molar-refractivity contribution is 0.350. The highest BCUT2D eigenvalue weighted by Gasteiger charge is 2.13. The van der Waals surface area contributed by atoms with Gasteiger partial charge in [-0.2, -0.15) is 5.26 Å². The van der Waals surface area contributed by atoms with Gasteiger partial charge in [-0.15, -0.1) is 0 Å². The molecule has 1 atom stereocenters. The molecule has 0 amide bonds. The molecule has 0 saturated heterocycles. The zero-order valence-corrected chi connectivity index (χ0v) is 9.11. The monoisotopic (exact) mass is 217 g/mol. The Morgan fingerprint density at radius 3 is 2.27 bits per heavy atom. The zero-order valence-electron chi connectivity index (χ0n) is 7.52. The van der Waals surface area contributed by atoms with Gasteiger partial charge in [0, 0.05) is 5.33 Å². The van der Waals surface area contributed by atoms with Crippen molar-refractivity contribution in [2.45, 2.75) is 33.6 Å². The molecule has 0 fully saturated rings. The van der Waals surface area contributed by atoms with Gasteiger partial charge < -0.3 is 0 Å². The number of halogens is 1. The Balaban J connectivity index is 3.62. The van der Waals surface area contributed by atoms with Gasteiger partial charge in [0.1, 0.15) is 0 Å². The first-order valence-electron chi connectivity index (χ1n) is 3.95. The van der Waals surface area contributed by atoms with E-state index in [1.54, 1.807) is 0 Å². The number of nitriles is 1. The van der Waals surface area contributed by atoms with Crippen LogP contribution in [-0.2, 0) is 0 Å². The van der Waals surface area contributed by atoms with Gasteiger partial charge in [-0.05, 0) is 18.3 Å². The SMILES string of the molecule is CC(C)(C)CCC(C#N)CBr. The maximum absolute atomic E-state index is 8.64. The largest absolute Gasteiger partial charge is 0.198 e. The van der Waals surface area contributed by atoms with E-state index < -0.39 is 0 Å². The van der Waals surface area contributed by atoms with E-state index in [4.69, 9.17) is 5.26 Å². The number of rotatable bonds is 3. The van der Waals surface area contributed by atoms with Crippen LogP contribution >= 0.6 is 15.9 Å². The summed E-state index contributed by atoms with van der Waals surface area (Å²) in [4.78, 5) is 0. The van der Waals surface area contributed by atoms with Crippen LogP contribution in [0, 0.1) is 22.7 Å². The minimum atomic E-state index is 0.189. The second-order valence-corrected chi connectivity index (χ2v) is 4.73. The molecule has 0 aliphatic carbocycles. The van der Waals surface area contributed by atoms with E-state index in [1.807, 2.05) is 0 Å². The highest BCUT2D eigenvalue weighted by molar-refractivity contribution is 9.09. The highest BCUT2D eigenvalue weighted by Crippen LogP contribution is 2.23. The van der Waals surface area contributed by atoms with Gasteiger partial charge in [-0.25, -0.2) is 0 Å². The zero-order chi connectivity index (χ0) is 8.91. The molecular weight excluding hydrogens is 202 g/mol. The Bertz CT molecular complexity index is 141. The van der Waals surface area contributed by atoms with Crippen molar-refractivity contribution in [2.24, 2.45) is 11.3 Å². The highest BCUT2D eigenvalue weighted by atomic mass is 79.9.